The molecule has 3 heterocycles. The fourth-order valence-corrected chi connectivity index (χ4v) is 3.25. The molecule has 0 radical (unpaired) electrons. The van der Waals surface area contributed by atoms with Crippen molar-refractivity contribution >= 4 is 18.0 Å². The number of hydrogen-bond acceptors (Lipinski definition) is 6. The van der Waals surface area contributed by atoms with Crippen LogP contribution in [0.25, 0.3) is 0 Å². The number of nitrogens with zero attached hydrogens (tertiary/aromatic N) is 4. The lowest BCUT2D eigenvalue weighted by atomic mass is 10.1. The summed E-state index contributed by atoms with van der Waals surface area (Å²) in [7, 11) is 0. The highest BCUT2D eigenvalue weighted by Gasteiger charge is 2.19. The topological polar surface area (TPSA) is 62.6 Å². The maximum Gasteiger partial charge on any atom is 0.245 e. The Bertz CT molecular complexity index is 804. The predicted molar refractivity (Wildman–Crippen MR) is 94.9 cm³/mol. The van der Waals surface area contributed by atoms with Crippen LogP contribution in [0.15, 0.2) is 29.5 Å². The van der Waals surface area contributed by atoms with Crippen LogP contribution in [-0.2, 0) is 6.42 Å². The number of hydrogen-bond donors (Lipinski definition) is 1. The largest absolute Gasteiger partial charge is 0.490 e. The van der Waals surface area contributed by atoms with Crippen molar-refractivity contribution in [2.45, 2.75) is 32.3 Å². The van der Waals surface area contributed by atoms with Gasteiger partial charge in [0.15, 0.2) is 11.6 Å². The molecule has 2 aliphatic rings. The molecule has 1 fully saturated rings. The standard InChI is InChI=1S/C18H20FN5O/c1-12-8-14-9-13(4-5-16(14)25-12)10-21-23-18-20-11-15(19)17(22-18)24-6-2-3-7-24/h4-5,9-12H,2-3,6-8H2,1H3,(H,20,22,23)/b21-10-. The SMILES string of the molecule is CC1Cc2cc(/C=N\Nc3ncc(F)c(N4CCCC4)n3)ccc2O1. The third-order valence-corrected chi connectivity index (χ3v) is 4.43. The number of halogens is 1. The van der Waals surface area contributed by atoms with Crippen molar-refractivity contribution in [2.24, 2.45) is 5.10 Å². The minimum atomic E-state index is -0.399. The lowest BCUT2D eigenvalue weighted by Crippen LogP contribution is -2.21. The Morgan fingerprint density at radius 2 is 2.20 bits per heavy atom. The summed E-state index contributed by atoms with van der Waals surface area (Å²) in [6.07, 6.45) is 6.13. The molecule has 1 aromatic heterocycles. The van der Waals surface area contributed by atoms with Crippen molar-refractivity contribution in [1.29, 1.82) is 0 Å². The molecular weight excluding hydrogens is 321 g/mol. The molecule has 7 heteroatoms. The highest BCUT2D eigenvalue weighted by Crippen LogP contribution is 2.29. The molecule has 0 spiro atoms. The van der Waals surface area contributed by atoms with Gasteiger partial charge in [0.1, 0.15) is 11.9 Å². The van der Waals surface area contributed by atoms with Gasteiger partial charge < -0.3 is 9.64 Å². The van der Waals surface area contributed by atoms with Crippen molar-refractivity contribution in [2.75, 3.05) is 23.4 Å². The molecular formula is C18H20FN5O. The normalized spacial score (nSPS) is 19.3. The van der Waals surface area contributed by atoms with Crippen molar-refractivity contribution in [3.8, 4) is 5.75 Å². The monoisotopic (exact) mass is 341 g/mol. The van der Waals surface area contributed by atoms with Gasteiger partial charge in [0.05, 0.1) is 12.4 Å². The Balaban J connectivity index is 1.45. The summed E-state index contributed by atoms with van der Waals surface area (Å²) in [6, 6.07) is 5.97. The third-order valence-electron chi connectivity index (χ3n) is 4.43. The van der Waals surface area contributed by atoms with E-state index in [4.69, 9.17) is 4.74 Å². The van der Waals surface area contributed by atoms with Crippen LogP contribution in [0.3, 0.4) is 0 Å². The van der Waals surface area contributed by atoms with Gasteiger partial charge in [-0.05, 0) is 49.1 Å². The van der Waals surface area contributed by atoms with E-state index in [1.54, 1.807) is 6.21 Å². The summed E-state index contributed by atoms with van der Waals surface area (Å²) >= 11 is 0. The lowest BCUT2D eigenvalue weighted by molar-refractivity contribution is 0.254. The van der Waals surface area contributed by atoms with Crippen LogP contribution in [0.5, 0.6) is 5.75 Å². The van der Waals surface area contributed by atoms with E-state index >= 15 is 0 Å². The van der Waals surface area contributed by atoms with Crippen molar-refractivity contribution in [1.82, 2.24) is 9.97 Å². The molecule has 0 bridgehead atoms. The van der Waals surface area contributed by atoms with E-state index in [1.807, 2.05) is 17.0 Å². The molecule has 1 atom stereocenters. The van der Waals surface area contributed by atoms with Gasteiger partial charge in [0, 0.05) is 19.5 Å². The first-order valence-electron chi connectivity index (χ1n) is 8.55. The summed E-state index contributed by atoms with van der Waals surface area (Å²) in [5, 5.41) is 4.17. The minimum absolute atomic E-state index is 0.219. The smallest absolute Gasteiger partial charge is 0.245 e. The first-order chi connectivity index (χ1) is 12.2. The van der Waals surface area contributed by atoms with Crippen LogP contribution in [-0.4, -0.2) is 35.4 Å². The van der Waals surface area contributed by atoms with Gasteiger partial charge in [-0.3, -0.25) is 0 Å². The Hall–Kier alpha value is -2.70. The lowest BCUT2D eigenvalue weighted by Gasteiger charge is -2.16. The van der Waals surface area contributed by atoms with E-state index < -0.39 is 5.82 Å². The van der Waals surface area contributed by atoms with Crippen LogP contribution in [0, 0.1) is 5.82 Å². The van der Waals surface area contributed by atoms with E-state index in [1.165, 1.54) is 11.8 Å². The van der Waals surface area contributed by atoms with Gasteiger partial charge in [-0.15, -0.1) is 0 Å². The van der Waals surface area contributed by atoms with Crippen LogP contribution in [0.2, 0.25) is 0 Å². The number of benzene rings is 1. The van der Waals surface area contributed by atoms with E-state index in [9.17, 15) is 4.39 Å². The molecule has 1 N–H and O–H groups in total. The summed E-state index contributed by atoms with van der Waals surface area (Å²) < 4.78 is 19.6. The average Bonchev–Trinajstić information content (AvgIpc) is 3.24. The second-order valence-corrected chi connectivity index (χ2v) is 6.43. The Kier molecular flexibility index (Phi) is 4.21. The number of ether oxygens (including phenoxy) is 1. The molecule has 4 rings (SSSR count). The predicted octanol–water partition coefficient (Wildman–Crippen LogP) is 2.99. The Labute approximate surface area is 145 Å². The molecule has 130 valence electrons. The highest BCUT2D eigenvalue weighted by molar-refractivity contribution is 5.81. The molecule has 1 aromatic carbocycles. The van der Waals surface area contributed by atoms with Crippen molar-refractivity contribution in [3.63, 3.8) is 0 Å². The maximum absolute atomic E-state index is 13.9. The van der Waals surface area contributed by atoms with Crippen LogP contribution in [0.4, 0.5) is 16.2 Å². The van der Waals surface area contributed by atoms with Gasteiger partial charge >= 0.3 is 0 Å². The van der Waals surface area contributed by atoms with Gasteiger partial charge in [-0.1, -0.05) is 0 Å². The fraction of sp³-hybridized carbons (Fsp3) is 0.389. The van der Waals surface area contributed by atoms with Crippen LogP contribution < -0.4 is 15.1 Å². The zero-order valence-electron chi connectivity index (χ0n) is 14.1. The quantitative estimate of drug-likeness (QED) is 0.684. The summed E-state index contributed by atoms with van der Waals surface area (Å²) in [6.45, 7) is 3.71. The number of aromatic nitrogens is 2. The van der Waals surface area contributed by atoms with Gasteiger partial charge in [-0.2, -0.15) is 10.1 Å². The molecule has 2 aromatic rings. The summed E-state index contributed by atoms with van der Waals surface area (Å²) in [4.78, 5) is 10.1. The molecule has 1 unspecified atom stereocenters. The molecule has 2 aliphatic heterocycles. The molecule has 0 aliphatic carbocycles. The maximum atomic E-state index is 13.9. The second-order valence-electron chi connectivity index (χ2n) is 6.43. The number of rotatable bonds is 4. The van der Waals surface area contributed by atoms with E-state index in [0.29, 0.717) is 5.82 Å². The Morgan fingerprint density at radius 1 is 1.36 bits per heavy atom. The number of fused-ring (bicyclic) bond motifs is 1. The molecule has 0 saturated carbocycles. The van der Waals surface area contributed by atoms with Crippen LogP contribution >= 0.6 is 0 Å². The van der Waals surface area contributed by atoms with Gasteiger partial charge in [-0.25, -0.2) is 14.8 Å². The zero-order chi connectivity index (χ0) is 17.2. The highest BCUT2D eigenvalue weighted by atomic mass is 19.1. The zero-order valence-corrected chi connectivity index (χ0v) is 14.1. The second kappa shape index (κ2) is 6.66. The molecule has 6 nitrogen and oxygen atoms in total. The Morgan fingerprint density at radius 3 is 3.04 bits per heavy atom. The number of hydrazone groups is 1. The van der Waals surface area contributed by atoms with E-state index in [0.717, 1.165) is 43.7 Å². The number of anilines is 2. The van der Waals surface area contributed by atoms with Gasteiger partial charge in [0.25, 0.3) is 0 Å². The minimum Gasteiger partial charge on any atom is -0.490 e. The van der Waals surface area contributed by atoms with Crippen molar-refractivity contribution < 1.29 is 9.13 Å². The molecule has 1 saturated heterocycles. The number of nitrogens with one attached hydrogen (secondary N) is 1. The third kappa shape index (κ3) is 3.40. The fourth-order valence-electron chi connectivity index (χ4n) is 3.25. The molecule has 25 heavy (non-hydrogen) atoms. The summed E-state index contributed by atoms with van der Waals surface area (Å²) in [5.41, 5.74) is 4.93. The van der Waals surface area contributed by atoms with E-state index in [-0.39, 0.29) is 12.1 Å². The first-order valence-corrected chi connectivity index (χ1v) is 8.55. The van der Waals surface area contributed by atoms with E-state index in [2.05, 4.69) is 33.5 Å². The molecule has 0 amide bonds. The van der Waals surface area contributed by atoms with Gasteiger partial charge in [0.2, 0.25) is 5.95 Å². The van der Waals surface area contributed by atoms with Crippen molar-refractivity contribution in [3.05, 3.63) is 41.3 Å². The first kappa shape index (κ1) is 15.8. The average molecular weight is 341 g/mol. The van der Waals surface area contributed by atoms with Crippen LogP contribution in [0.1, 0.15) is 30.9 Å². The summed E-state index contributed by atoms with van der Waals surface area (Å²) in [5.74, 6) is 1.17.